The molecular formula is C20H22O2. The van der Waals surface area contributed by atoms with E-state index in [1.54, 1.807) is 7.11 Å². The standard InChI is InChI=1S/C20H22O2/c1-20(15-6-4-3-5-7-15)18-13-22-12-17(18)19(20)14-8-10-16(21-2)11-9-14/h3-11,17-19H,12-13H2,1-2H3/t17-,18+,19+,20-/m0/s1. The van der Waals surface area contributed by atoms with Gasteiger partial charge in [-0.3, -0.25) is 0 Å². The summed E-state index contributed by atoms with van der Waals surface area (Å²) < 4.78 is 11.1. The first kappa shape index (κ1) is 13.8. The smallest absolute Gasteiger partial charge is 0.118 e. The molecule has 0 bridgehead atoms. The first-order chi connectivity index (χ1) is 10.7. The Morgan fingerprint density at radius 3 is 2.41 bits per heavy atom. The highest BCUT2D eigenvalue weighted by Gasteiger charge is 2.62. The van der Waals surface area contributed by atoms with Gasteiger partial charge in [0.25, 0.3) is 0 Å². The normalized spacial score (nSPS) is 33.1. The molecule has 1 saturated carbocycles. The zero-order valence-electron chi connectivity index (χ0n) is 13.2. The second-order valence-electron chi connectivity index (χ2n) is 6.71. The van der Waals surface area contributed by atoms with Crippen LogP contribution in [0.2, 0.25) is 0 Å². The number of benzene rings is 2. The van der Waals surface area contributed by atoms with Crippen molar-refractivity contribution in [2.75, 3.05) is 20.3 Å². The van der Waals surface area contributed by atoms with Crippen LogP contribution in [0.3, 0.4) is 0 Å². The monoisotopic (exact) mass is 294 g/mol. The summed E-state index contributed by atoms with van der Waals surface area (Å²) >= 11 is 0. The lowest BCUT2D eigenvalue weighted by Crippen LogP contribution is -2.56. The van der Waals surface area contributed by atoms with Gasteiger partial charge in [0.2, 0.25) is 0 Å². The maximum absolute atomic E-state index is 5.82. The summed E-state index contributed by atoms with van der Waals surface area (Å²) in [7, 11) is 1.72. The van der Waals surface area contributed by atoms with Gasteiger partial charge in [0, 0.05) is 5.41 Å². The van der Waals surface area contributed by atoms with Gasteiger partial charge in [0.1, 0.15) is 5.75 Å². The van der Waals surface area contributed by atoms with E-state index < -0.39 is 0 Å². The molecule has 0 radical (unpaired) electrons. The summed E-state index contributed by atoms with van der Waals surface area (Å²) in [5.41, 5.74) is 3.00. The van der Waals surface area contributed by atoms with Gasteiger partial charge in [0.15, 0.2) is 0 Å². The molecule has 1 saturated heterocycles. The van der Waals surface area contributed by atoms with Crippen molar-refractivity contribution in [3.8, 4) is 5.75 Å². The van der Waals surface area contributed by atoms with Gasteiger partial charge in [-0.15, -0.1) is 0 Å². The largest absolute Gasteiger partial charge is 0.497 e. The number of ether oxygens (including phenoxy) is 2. The summed E-state index contributed by atoms with van der Waals surface area (Å²) in [4.78, 5) is 0. The third kappa shape index (κ3) is 1.83. The van der Waals surface area contributed by atoms with Crippen LogP contribution in [-0.2, 0) is 10.2 Å². The average molecular weight is 294 g/mol. The molecule has 0 unspecified atom stereocenters. The van der Waals surface area contributed by atoms with Gasteiger partial charge in [-0.05, 0) is 41.0 Å². The number of hydrogen-bond donors (Lipinski definition) is 0. The van der Waals surface area contributed by atoms with E-state index in [1.807, 2.05) is 0 Å². The van der Waals surface area contributed by atoms with Crippen molar-refractivity contribution in [2.24, 2.45) is 11.8 Å². The van der Waals surface area contributed by atoms with Crippen LogP contribution >= 0.6 is 0 Å². The highest BCUT2D eigenvalue weighted by molar-refractivity contribution is 5.42. The van der Waals surface area contributed by atoms with Crippen LogP contribution in [0.25, 0.3) is 0 Å². The van der Waals surface area contributed by atoms with Crippen LogP contribution in [0.1, 0.15) is 24.0 Å². The SMILES string of the molecule is COc1ccc([C@@H]2[C@H]3COC[C@H]3[C@]2(C)c2ccccc2)cc1. The quantitative estimate of drug-likeness (QED) is 0.851. The molecule has 2 nitrogen and oxygen atoms in total. The molecule has 1 heterocycles. The molecule has 4 atom stereocenters. The Morgan fingerprint density at radius 1 is 1.00 bits per heavy atom. The Balaban J connectivity index is 1.75. The van der Waals surface area contributed by atoms with Crippen LogP contribution in [0.15, 0.2) is 54.6 Å². The van der Waals surface area contributed by atoms with E-state index in [0.29, 0.717) is 17.8 Å². The van der Waals surface area contributed by atoms with Gasteiger partial charge >= 0.3 is 0 Å². The van der Waals surface area contributed by atoms with Crippen molar-refractivity contribution in [1.82, 2.24) is 0 Å². The van der Waals surface area contributed by atoms with Gasteiger partial charge < -0.3 is 9.47 Å². The maximum atomic E-state index is 5.82. The molecule has 1 aliphatic heterocycles. The maximum Gasteiger partial charge on any atom is 0.118 e. The summed E-state index contributed by atoms with van der Waals surface area (Å²) in [5, 5.41) is 0. The summed E-state index contributed by atoms with van der Waals surface area (Å²) in [6, 6.07) is 19.5. The lowest BCUT2D eigenvalue weighted by Gasteiger charge is -2.57. The Hall–Kier alpha value is -1.80. The molecule has 22 heavy (non-hydrogen) atoms. The van der Waals surface area contributed by atoms with Crippen LogP contribution in [0.5, 0.6) is 5.75 Å². The van der Waals surface area contributed by atoms with Crippen LogP contribution in [0.4, 0.5) is 0 Å². The first-order valence-corrected chi connectivity index (χ1v) is 8.02. The number of hydrogen-bond acceptors (Lipinski definition) is 2. The zero-order chi connectivity index (χ0) is 15.2. The number of methoxy groups -OCH3 is 1. The van der Waals surface area contributed by atoms with Crippen molar-refractivity contribution < 1.29 is 9.47 Å². The molecular weight excluding hydrogens is 272 g/mol. The average Bonchev–Trinajstić information content (AvgIpc) is 3.01. The number of fused-ring (bicyclic) bond motifs is 1. The topological polar surface area (TPSA) is 18.5 Å². The Labute approximate surface area is 132 Å². The van der Waals surface area contributed by atoms with E-state index in [-0.39, 0.29) is 5.41 Å². The second-order valence-corrected chi connectivity index (χ2v) is 6.71. The highest BCUT2D eigenvalue weighted by atomic mass is 16.5. The van der Waals surface area contributed by atoms with E-state index >= 15 is 0 Å². The van der Waals surface area contributed by atoms with Crippen molar-refractivity contribution in [2.45, 2.75) is 18.3 Å². The molecule has 2 fully saturated rings. The molecule has 2 aromatic rings. The molecule has 0 spiro atoms. The fourth-order valence-corrected chi connectivity index (χ4v) is 4.67. The highest BCUT2D eigenvalue weighted by Crippen LogP contribution is 2.64. The van der Waals surface area contributed by atoms with Crippen molar-refractivity contribution in [3.05, 3.63) is 65.7 Å². The fraction of sp³-hybridized carbons (Fsp3) is 0.400. The van der Waals surface area contributed by atoms with E-state index in [9.17, 15) is 0 Å². The summed E-state index contributed by atoms with van der Waals surface area (Å²) in [6.45, 7) is 4.19. The molecule has 0 N–H and O–H groups in total. The molecule has 0 aromatic heterocycles. The van der Waals surface area contributed by atoms with E-state index in [2.05, 4.69) is 61.5 Å². The lowest BCUT2D eigenvalue weighted by atomic mass is 9.45. The van der Waals surface area contributed by atoms with Crippen molar-refractivity contribution in [3.63, 3.8) is 0 Å². The second kappa shape index (κ2) is 5.13. The van der Waals surface area contributed by atoms with Crippen LogP contribution in [-0.4, -0.2) is 20.3 Å². The predicted molar refractivity (Wildman–Crippen MR) is 87.3 cm³/mol. The lowest BCUT2D eigenvalue weighted by molar-refractivity contribution is 0.0474. The Bertz CT molecular complexity index is 649. The Kier molecular flexibility index (Phi) is 3.23. The predicted octanol–water partition coefficient (Wildman–Crippen LogP) is 4.01. The number of rotatable bonds is 3. The molecule has 0 amide bonds. The van der Waals surface area contributed by atoms with E-state index in [1.165, 1.54) is 11.1 Å². The summed E-state index contributed by atoms with van der Waals surface area (Å²) in [6.07, 6.45) is 0. The third-order valence-electron chi connectivity index (χ3n) is 5.84. The third-order valence-corrected chi connectivity index (χ3v) is 5.84. The van der Waals surface area contributed by atoms with Crippen molar-refractivity contribution in [1.29, 1.82) is 0 Å². The molecule has 114 valence electrons. The zero-order valence-corrected chi connectivity index (χ0v) is 13.2. The minimum absolute atomic E-state index is 0.164. The van der Waals surface area contributed by atoms with Gasteiger partial charge in [0.05, 0.1) is 20.3 Å². The molecule has 2 aromatic carbocycles. The van der Waals surface area contributed by atoms with E-state index in [0.717, 1.165) is 19.0 Å². The van der Waals surface area contributed by atoms with Crippen LogP contribution < -0.4 is 4.74 Å². The minimum Gasteiger partial charge on any atom is -0.497 e. The van der Waals surface area contributed by atoms with Gasteiger partial charge in [-0.1, -0.05) is 49.4 Å². The molecule has 1 aliphatic carbocycles. The van der Waals surface area contributed by atoms with Gasteiger partial charge in [-0.2, -0.15) is 0 Å². The Morgan fingerprint density at radius 2 is 1.73 bits per heavy atom. The van der Waals surface area contributed by atoms with Crippen molar-refractivity contribution >= 4 is 0 Å². The molecule has 2 aliphatic rings. The molecule has 2 heteroatoms. The first-order valence-electron chi connectivity index (χ1n) is 8.02. The summed E-state index contributed by atoms with van der Waals surface area (Å²) in [5.74, 6) is 2.71. The molecule has 4 rings (SSSR count). The van der Waals surface area contributed by atoms with Gasteiger partial charge in [-0.25, -0.2) is 0 Å². The van der Waals surface area contributed by atoms with Crippen LogP contribution in [0, 0.1) is 11.8 Å². The van der Waals surface area contributed by atoms with E-state index in [4.69, 9.17) is 9.47 Å². The minimum atomic E-state index is 0.164. The fourth-order valence-electron chi connectivity index (χ4n) is 4.67.